The largest absolute Gasteiger partial charge is 0.345 e. The molecule has 0 bridgehead atoms. The predicted octanol–water partition coefficient (Wildman–Crippen LogP) is 3.21. The molecule has 158 valence electrons. The zero-order chi connectivity index (χ0) is 21.4. The summed E-state index contributed by atoms with van der Waals surface area (Å²) < 4.78 is 0. The summed E-state index contributed by atoms with van der Waals surface area (Å²) in [6, 6.07) is 15.8. The Balaban J connectivity index is 1.51. The Hall–Kier alpha value is -3.06. The minimum absolute atomic E-state index is 0.184. The van der Waals surface area contributed by atoms with Crippen LogP contribution < -0.4 is 21.3 Å². The van der Waals surface area contributed by atoms with E-state index in [4.69, 9.17) is 11.6 Å². The van der Waals surface area contributed by atoms with Gasteiger partial charge in [0.15, 0.2) is 0 Å². The molecule has 1 aliphatic carbocycles. The quantitative estimate of drug-likeness (QED) is 0.544. The van der Waals surface area contributed by atoms with Gasteiger partial charge >= 0.3 is 6.03 Å². The average Bonchev–Trinajstić information content (AvgIpc) is 3.22. The molecular formula is C22H25ClN4O3. The Morgan fingerprint density at radius 2 is 1.57 bits per heavy atom. The molecule has 0 spiro atoms. The normalized spacial score (nSPS) is 14.6. The number of halogens is 1. The molecular weight excluding hydrogens is 404 g/mol. The molecule has 0 unspecified atom stereocenters. The second-order valence-corrected chi connectivity index (χ2v) is 7.76. The predicted molar refractivity (Wildman–Crippen MR) is 116 cm³/mol. The summed E-state index contributed by atoms with van der Waals surface area (Å²) in [5, 5.41) is 11.5. The Kier molecular flexibility index (Phi) is 7.30. The average molecular weight is 429 g/mol. The summed E-state index contributed by atoms with van der Waals surface area (Å²) in [6.07, 6.45) is 2.75. The maximum Gasteiger partial charge on any atom is 0.315 e. The number of carbonyl (C=O) groups excluding carboxylic acids is 3. The lowest BCUT2D eigenvalue weighted by atomic mass is 9.96. The Labute approximate surface area is 180 Å². The van der Waals surface area contributed by atoms with Crippen molar-refractivity contribution < 1.29 is 14.4 Å². The second kappa shape index (κ2) is 10.1. The number of carbonyl (C=O) groups is 3. The van der Waals surface area contributed by atoms with Gasteiger partial charge in [0, 0.05) is 17.3 Å². The minimum Gasteiger partial charge on any atom is -0.345 e. The van der Waals surface area contributed by atoms with Crippen molar-refractivity contribution in [3.8, 4) is 0 Å². The molecule has 0 heterocycles. The Morgan fingerprint density at radius 1 is 0.900 bits per heavy atom. The van der Waals surface area contributed by atoms with Gasteiger partial charge in [-0.05, 0) is 42.7 Å². The van der Waals surface area contributed by atoms with Crippen molar-refractivity contribution in [3.63, 3.8) is 0 Å². The second-order valence-electron chi connectivity index (χ2n) is 7.32. The Bertz CT molecular complexity index is 881. The lowest BCUT2D eigenvalue weighted by molar-refractivity contribution is -0.129. The molecule has 0 aromatic heterocycles. The van der Waals surface area contributed by atoms with E-state index in [0.717, 1.165) is 18.4 Å². The maximum atomic E-state index is 12.8. The number of rotatable bonds is 7. The molecule has 1 saturated carbocycles. The summed E-state index contributed by atoms with van der Waals surface area (Å²) in [5.74, 6) is -0.700. The number of hydrogen-bond donors (Lipinski definition) is 4. The summed E-state index contributed by atoms with van der Waals surface area (Å²) in [5.41, 5.74) is 0.561. The topological polar surface area (TPSA) is 99.3 Å². The van der Waals surface area contributed by atoms with Crippen LogP contribution in [0, 0.1) is 0 Å². The lowest BCUT2D eigenvalue weighted by Crippen LogP contribution is -2.59. The van der Waals surface area contributed by atoms with Crippen LogP contribution in [-0.2, 0) is 16.1 Å². The van der Waals surface area contributed by atoms with E-state index in [1.807, 2.05) is 30.3 Å². The highest BCUT2D eigenvalue weighted by atomic mass is 35.5. The molecule has 4 amide bonds. The molecule has 7 nitrogen and oxygen atoms in total. The third-order valence-corrected chi connectivity index (χ3v) is 5.33. The van der Waals surface area contributed by atoms with Crippen molar-refractivity contribution in [2.75, 3.05) is 11.9 Å². The molecule has 1 aliphatic rings. The van der Waals surface area contributed by atoms with E-state index >= 15 is 0 Å². The van der Waals surface area contributed by atoms with Crippen LogP contribution in [0.15, 0.2) is 54.6 Å². The van der Waals surface area contributed by atoms with Crippen LogP contribution >= 0.6 is 11.6 Å². The van der Waals surface area contributed by atoms with Crippen LogP contribution in [0.3, 0.4) is 0 Å². The van der Waals surface area contributed by atoms with E-state index in [2.05, 4.69) is 21.3 Å². The third kappa shape index (κ3) is 5.97. The molecule has 2 aromatic rings. The smallest absolute Gasteiger partial charge is 0.315 e. The molecule has 2 aromatic carbocycles. The summed E-state index contributed by atoms with van der Waals surface area (Å²) >= 11 is 5.83. The molecule has 3 rings (SSSR count). The van der Waals surface area contributed by atoms with E-state index in [-0.39, 0.29) is 18.4 Å². The van der Waals surface area contributed by atoms with Crippen molar-refractivity contribution in [2.45, 2.75) is 37.8 Å². The van der Waals surface area contributed by atoms with Gasteiger partial charge in [-0.3, -0.25) is 9.59 Å². The number of nitrogens with one attached hydrogen (secondary N) is 4. The third-order valence-electron chi connectivity index (χ3n) is 5.08. The minimum atomic E-state index is -0.999. The molecule has 0 radical (unpaired) electrons. The van der Waals surface area contributed by atoms with E-state index in [1.54, 1.807) is 24.3 Å². The zero-order valence-electron chi connectivity index (χ0n) is 16.5. The molecule has 30 heavy (non-hydrogen) atoms. The fraction of sp³-hybridized carbons (Fsp3) is 0.318. The maximum absolute atomic E-state index is 12.8. The number of urea groups is 1. The van der Waals surface area contributed by atoms with Gasteiger partial charge in [-0.1, -0.05) is 54.8 Å². The van der Waals surface area contributed by atoms with Crippen LogP contribution in [-0.4, -0.2) is 29.9 Å². The standard InChI is InChI=1S/C22H25ClN4O3/c23-17-8-10-18(11-9-17)26-19(28)15-24-20(29)22(12-4-5-13-22)27-21(30)25-14-16-6-2-1-3-7-16/h1-3,6-11H,4-5,12-15H2,(H,24,29)(H,26,28)(H2,25,27,30). The fourth-order valence-corrected chi connectivity index (χ4v) is 3.62. The monoisotopic (exact) mass is 428 g/mol. The summed E-state index contributed by atoms with van der Waals surface area (Å²) in [6.45, 7) is 0.185. The number of hydrogen-bond acceptors (Lipinski definition) is 3. The highest BCUT2D eigenvalue weighted by Crippen LogP contribution is 2.30. The summed E-state index contributed by atoms with van der Waals surface area (Å²) in [4.78, 5) is 37.4. The summed E-state index contributed by atoms with van der Waals surface area (Å²) in [7, 11) is 0. The molecule has 8 heteroatoms. The van der Waals surface area contributed by atoms with Crippen LogP contribution in [0.25, 0.3) is 0 Å². The molecule has 1 fully saturated rings. The van der Waals surface area contributed by atoms with Crippen molar-refractivity contribution >= 4 is 35.1 Å². The van der Waals surface area contributed by atoms with Crippen molar-refractivity contribution in [2.24, 2.45) is 0 Å². The molecule has 0 saturated heterocycles. The molecule has 0 atom stereocenters. The number of amides is 4. The first-order valence-electron chi connectivity index (χ1n) is 9.90. The number of anilines is 1. The van der Waals surface area contributed by atoms with Crippen LogP contribution in [0.1, 0.15) is 31.2 Å². The molecule has 4 N–H and O–H groups in total. The van der Waals surface area contributed by atoms with Gasteiger partial charge in [-0.2, -0.15) is 0 Å². The number of benzene rings is 2. The first-order chi connectivity index (χ1) is 14.5. The van der Waals surface area contributed by atoms with Gasteiger partial charge in [0.2, 0.25) is 11.8 Å². The highest BCUT2D eigenvalue weighted by Gasteiger charge is 2.42. The lowest BCUT2D eigenvalue weighted by Gasteiger charge is -2.29. The van der Waals surface area contributed by atoms with E-state index in [0.29, 0.717) is 30.1 Å². The molecule has 0 aliphatic heterocycles. The van der Waals surface area contributed by atoms with Crippen LogP contribution in [0.4, 0.5) is 10.5 Å². The SMILES string of the molecule is O=C(CNC(=O)C1(NC(=O)NCc2ccccc2)CCCC1)Nc1ccc(Cl)cc1. The van der Waals surface area contributed by atoms with Gasteiger partial charge in [-0.15, -0.1) is 0 Å². The Morgan fingerprint density at radius 3 is 2.23 bits per heavy atom. The van der Waals surface area contributed by atoms with Gasteiger partial charge in [0.25, 0.3) is 0 Å². The fourth-order valence-electron chi connectivity index (χ4n) is 3.50. The van der Waals surface area contributed by atoms with Crippen LogP contribution in [0.2, 0.25) is 5.02 Å². The van der Waals surface area contributed by atoms with Crippen molar-refractivity contribution in [1.29, 1.82) is 0 Å². The van der Waals surface area contributed by atoms with E-state index in [9.17, 15) is 14.4 Å². The van der Waals surface area contributed by atoms with Gasteiger partial charge in [0.1, 0.15) is 5.54 Å². The highest BCUT2D eigenvalue weighted by molar-refractivity contribution is 6.30. The van der Waals surface area contributed by atoms with E-state index in [1.165, 1.54) is 0 Å². The van der Waals surface area contributed by atoms with Crippen molar-refractivity contribution in [3.05, 3.63) is 65.2 Å². The first kappa shape index (κ1) is 21.6. The van der Waals surface area contributed by atoms with Gasteiger partial charge < -0.3 is 21.3 Å². The van der Waals surface area contributed by atoms with Gasteiger partial charge in [0.05, 0.1) is 6.54 Å². The van der Waals surface area contributed by atoms with Crippen molar-refractivity contribution in [1.82, 2.24) is 16.0 Å². The zero-order valence-corrected chi connectivity index (χ0v) is 17.3. The first-order valence-corrected chi connectivity index (χ1v) is 10.3. The van der Waals surface area contributed by atoms with E-state index < -0.39 is 11.6 Å². The van der Waals surface area contributed by atoms with Gasteiger partial charge in [-0.25, -0.2) is 4.79 Å². The van der Waals surface area contributed by atoms with Crippen LogP contribution in [0.5, 0.6) is 0 Å².